The molecule has 1 atom stereocenters. The summed E-state index contributed by atoms with van der Waals surface area (Å²) in [6.07, 6.45) is 6.55. The molecule has 12 heteroatoms. The lowest BCUT2D eigenvalue weighted by molar-refractivity contribution is -0.121. The molecule has 45 heavy (non-hydrogen) atoms. The van der Waals surface area contributed by atoms with E-state index in [0.29, 0.717) is 18.1 Å². The fourth-order valence-corrected chi connectivity index (χ4v) is 6.21. The second-order valence-corrected chi connectivity index (χ2v) is 12.0. The van der Waals surface area contributed by atoms with Crippen LogP contribution in [0.4, 0.5) is 5.69 Å². The van der Waals surface area contributed by atoms with Gasteiger partial charge in [0, 0.05) is 67.9 Å². The van der Waals surface area contributed by atoms with Crippen molar-refractivity contribution in [3.05, 3.63) is 65.4 Å². The first-order chi connectivity index (χ1) is 21.8. The molecule has 0 aliphatic carbocycles. The summed E-state index contributed by atoms with van der Waals surface area (Å²) in [5.74, 6) is -0.640. The van der Waals surface area contributed by atoms with E-state index in [1.165, 1.54) is 19.0 Å². The van der Waals surface area contributed by atoms with Crippen LogP contribution in [0.2, 0.25) is 0 Å². The number of rotatable bonds is 13. The second kappa shape index (κ2) is 13.9. The van der Waals surface area contributed by atoms with Gasteiger partial charge in [-0.1, -0.05) is 23.4 Å². The van der Waals surface area contributed by atoms with Gasteiger partial charge in [0.2, 0.25) is 5.91 Å². The molecule has 2 aromatic carbocycles. The maximum Gasteiger partial charge on any atom is 0.254 e. The Morgan fingerprint density at radius 2 is 1.82 bits per heavy atom. The molecule has 1 spiro atoms. The first-order valence-electron chi connectivity index (χ1n) is 15.2. The molecule has 3 heterocycles. The lowest BCUT2D eigenvalue weighted by Crippen LogP contribution is -2.60. The van der Waals surface area contributed by atoms with Crippen LogP contribution in [0.1, 0.15) is 56.8 Å². The topological polar surface area (TPSA) is 138 Å². The van der Waals surface area contributed by atoms with Crippen molar-refractivity contribution >= 4 is 36.4 Å². The number of benzene rings is 2. The van der Waals surface area contributed by atoms with Crippen molar-refractivity contribution in [1.82, 2.24) is 30.1 Å². The first kappa shape index (κ1) is 31.7. The van der Waals surface area contributed by atoms with Crippen LogP contribution in [0.5, 0.6) is 0 Å². The number of carbonyl (C=O) groups excluding carboxylic acids is 5. The molecule has 2 aliphatic heterocycles. The number of aromatic nitrogens is 3. The predicted octanol–water partition coefficient (Wildman–Crippen LogP) is 2.34. The quantitative estimate of drug-likeness (QED) is 0.288. The lowest BCUT2D eigenvalue weighted by atomic mass is 9.71. The van der Waals surface area contributed by atoms with Crippen LogP contribution < -0.4 is 10.2 Å². The molecule has 2 saturated heterocycles. The summed E-state index contributed by atoms with van der Waals surface area (Å²) in [5.41, 5.74) is 3.88. The minimum absolute atomic E-state index is 0.119. The maximum absolute atomic E-state index is 13.2. The highest BCUT2D eigenvalue weighted by atomic mass is 16.2. The number of piperidine rings is 1. The number of likely N-dealkylation sites (N-methyl/N-ethyl adjacent to an activating group) is 1. The van der Waals surface area contributed by atoms with Crippen molar-refractivity contribution in [1.29, 1.82) is 0 Å². The van der Waals surface area contributed by atoms with Gasteiger partial charge in [0.15, 0.2) is 6.29 Å². The monoisotopic (exact) mass is 613 g/mol. The Hall–Kier alpha value is -4.71. The Labute approximate surface area is 262 Å². The van der Waals surface area contributed by atoms with Gasteiger partial charge < -0.3 is 24.8 Å². The Morgan fingerprint density at radius 3 is 2.51 bits per heavy atom. The minimum atomic E-state index is -0.768. The van der Waals surface area contributed by atoms with Crippen LogP contribution in [0.25, 0.3) is 11.3 Å². The van der Waals surface area contributed by atoms with E-state index < -0.39 is 11.9 Å². The number of amides is 2. The van der Waals surface area contributed by atoms with Crippen molar-refractivity contribution in [2.45, 2.75) is 38.3 Å². The second-order valence-electron chi connectivity index (χ2n) is 12.0. The average molecular weight is 614 g/mol. The number of hydrogen-bond acceptors (Lipinski definition) is 9. The summed E-state index contributed by atoms with van der Waals surface area (Å²) in [7, 11) is 3.03. The Morgan fingerprint density at radius 1 is 1.04 bits per heavy atom. The van der Waals surface area contributed by atoms with Gasteiger partial charge in [-0.25, -0.2) is 0 Å². The van der Waals surface area contributed by atoms with E-state index in [0.717, 1.165) is 75.3 Å². The molecule has 0 saturated carbocycles. The molecule has 2 fully saturated rings. The zero-order chi connectivity index (χ0) is 32.0. The normalized spacial score (nSPS) is 16.4. The van der Waals surface area contributed by atoms with Gasteiger partial charge in [-0.3, -0.25) is 23.9 Å². The van der Waals surface area contributed by atoms with Crippen LogP contribution in [-0.2, 0) is 16.1 Å². The summed E-state index contributed by atoms with van der Waals surface area (Å²) < 4.78 is 1.85. The zero-order valence-corrected chi connectivity index (χ0v) is 25.7. The van der Waals surface area contributed by atoms with Crippen LogP contribution in [0.3, 0.4) is 0 Å². The maximum atomic E-state index is 13.2. The number of likely N-dealkylation sites (tertiary alicyclic amines) is 1. The Bertz CT molecular complexity index is 1550. The van der Waals surface area contributed by atoms with Crippen LogP contribution in [0, 0.1) is 5.41 Å². The molecule has 0 radical (unpaired) electrons. The van der Waals surface area contributed by atoms with Gasteiger partial charge in [0.1, 0.15) is 18.3 Å². The van der Waals surface area contributed by atoms with E-state index in [4.69, 9.17) is 0 Å². The van der Waals surface area contributed by atoms with E-state index >= 15 is 0 Å². The third-order valence-corrected chi connectivity index (χ3v) is 9.15. The Kier molecular flexibility index (Phi) is 9.82. The highest BCUT2D eigenvalue weighted by Gasteiger charge is 2.45. The number of anilines is 1. The highest BCUT2D eigenvalue weighted by molar-refractivity contribution is 6.03. The largest absolute Gasteiger partial charge is 0.370 e. The first-order valence-corrected chi connectivity index (χ1v) is 15.2. The number of carbonyl (C=O) groups is 5. The lowest BCUT2D eigenvalue weighted by Gasteiger charge is -2.55. The fourth-order valence-electron chi connectivity index (χ4n) is 6.21. The van der Waals surface area contributed by atoms with E-state index in [-0.39, 0.29) is 35.3 Å². The molecule has 3 aromatic rings. The summed E-state index contributed by atoms with van der Waals surface area (Å²) in [6, 6.07) is 11.8. The molecular formula is C33H39N7O5. The SMILES string of the molecule is CNC(=O)CCC(C=O)N(C)C(=O)c1ccc(N2CC3(CCN(CCn4cc(-c5cccc(C=O)c5)nn4)CC3)C2)cc1C=O. The molecule has 2 amide bonds. The molecule has 1 unspecified atom stereocenters. The fraction of sp³-hybridized carbons (Fsp3) is 0.424. The van der Waals surface area contributed by atoms with Crippen molar-refractivity contribution < 1.29 is 24.0 Å². The van der Waals surface area contributed by atoms with Gasteiger partial charge >= 0.3 is 0 Å². The van der Waals surface area contributed by atoms with E-state index in [9.17, 15) is 24.0 Å². The summed E-state index contributed by atoms with van der Waals surface area (Å²) >= 11 is 0. The Balaban J connectivity index is 1.11. The smallest absolute Gasteiger partial charge is 0.254 e. The van der Waals surface area contributed by atoms with E-state index in [1.54, 1.807) is 18.2 Å². The molecular weight excluding hydrogens is 574 g/mol. The third kappa shape index (κ3) is 7.17. The summed E-state index contributed by atoms with van der Waals surface area (Å²) in [4.78, 5) is 65.5. The molecule has 2 aliphatic rings. The van der Waals surface area contributed by atoms with Crippen molar-refractivity contribution in [2.75, 3.05) is 51.7 Å². The van der Waals surface area contributed by atoms with Gasteiger partial charge in [0.25, 0.3) is 5.91 Å². The standard InChI is InChI=1S/C33H39N7O5/c1-34-31(44)9-7-28(21-43)37(2)32(45)29-8-6-27(17-26(29)20-42)39-22-33(23-39)10-12-38(13-11-33)14-15-40-18-30(35-36-40)25-5-3-4-24(16-25)19-41/h3-6,8,16-21,28H,7,9-15,22-23H2,1-2H3,(H,34,44). The minimum Gasteiger partial charge on any atom is -0.370 e. The number of nitrogens with zero attached hydrogens (tertiary/aromatic N) is 6. The van der Waals surface area contributed by atoms with Crippen molar-refractivity contribution in [3.8, 4) is 11.3 Å². The van der Waals surface area contributed by atoms with Crippen LogP contribution >= 0.6 is 0 Å². The summed E-state index contributed by atoms with van der Waals surface area (Å²) in [6.45, 7) is 5.38. The highest BCUT2D eigenvalue weighted by Crippen LogP contribution is 2.43. The molecule has 1 aromatic heterocycles. The van der Waals surface area contributed by atoms with Gasteiger partial charge in [-0.15, -0.1) is 5.10 Å². The van der Waals surface area contributed by atoms with E-state index in [2.05, 4.69) is 25.4 Å². The van der Waals surface area contributed by atoms with Crippen LogP contribution in [0.15, 0.2) is 48.7 Å². The summed E-state index contributed by atoms with van der Waals surface area (Å²) in [5, 5.41) is 11.1. The van der Waals surface area contributed by atoms with E-state index in [1.807, 2.05) is 35.1 Å². The molecule has 5 rings (SSSR count). The third-order valence-electron chi connectivity index (χ3n) is 9.15. The van der Waals surface area contributed by atoms with Crippen molar-refractivity contribution in [3.63, 3.8) is 0 Å². The van der Waals surface area contributed by atoms with Crippen molar-refractivity contribution in [2.24, 2.45) is 5.41 Å². The molecule has 1 N–H and O–H groups in total. The molecule has 12 nitrogen and oxygen atoms in total. The van der Waals surface area contributed by atoms with Gasteiger partial charge in [-0.2, -0.15) is 0 Å². The number of nitrogens with one attached hydrogen (secondary N) is 1. The number of aldehydes is 3. The predicted molar refractivity (Wildman–Crippen MR) is 168 cm³/mol. The van der Waals surface area contributed by atoms with Gasteiger partial charge in [0.05, 0.1) is 24.3 Å². The molecule has 236 valence electrons. The number of hydrogen-bond donors (Lipinski definition) is 1. The molecule has 0 bridgehead atoms. The van der Waals surface area contributed by atoms with Gasteiger partial charge in [-0.05, 0) is 56.6 Å². The van der Waals surface area contributed by atoms with Crippen LogP contribution in [-0.4, -0.2) is 108 Å². The zero-order valence-electron chi connectivity index (χ0n) is 25.7. The average Bonchev–Trinajstić information content (AvgIpc) is 3.55.